The molecule has 0 saturated carbocycles. The number of carbonyl (C=O) groups excluding carboxylic acids is 1. The summed E-state index contributed by atoms with van der Waals surface area (Å²) in [5.74, 6) is -0.0538. The van der Waals surface area contributed by atoms with Crippen molar-refractivity contribution in [2.45, 2.75) is 19.1 Å². The number of nitrogens with two attached hydrogens (primary N) is 1. The number of anilines is 1. The van der Waals surface area contributed by atoms with E-state index in [1.807, 2.05) is 0 Å². The summed E-state index contributed by atoms with van der Waals surface area (Å²) in [7, 11) is 0. The normalized spacial score (nSPS) is 14.2. The molecule has 7 nitrogen and oxygen atoms in total. The lowest BCUT2D eigenvalue weighted by atomic mass is 10.1. The maximum atomic E-state index is 10.6. The van der Waals surface area contributed by atoms with Gasteiger partial charge in [0.15, 0.2) is 0 Å². The van der Waals surface area contributed by atoms with Crippen LogP contribution in [0, 0.1) is 0 Å². The van der Waals surface area contributed by atoms with Gasteiger partial charge in [0.1, 0.15) is 18.0 Å². The molecule has 1 aromatic rings. The lowest BCUT2D eigenvalue weighted by Gasteiger charge is -2.17. The van der Waals surface area contributed by atoms with E-state index in [-0.39, 0.29) is 24.0 Å². The number of nitrogens with one attached hydrogen (secondary N) is 1. The highest BCUT2D eigenvalue weighted by Crippen LogP contribution is 2.13. The third-order valence-corrected chi connectivity index (χ3v) is 1.92. The molecule has 0 fully saturated rings. The summed E-state index contributed by atoms with van der Waals surface area (Å²) in [6.07, 6.45) is 0.211. The average molecular weight is 226 g/mol. The molecule has 0 radical (unpaired) electrons. The second-order valence-corrected chi connectivity index (χ2v) is 3.32. The van der Waals surface area contributed by atoms with Gasteiger partial charge >= 0.3 is 0 Å². The molecule has 88 valence electrons. The van der Waals surface area contributed by atoms with Crippen molar-refractivity contribution in [3.8, 4) is 0 Å². The zero-order valence-electron chi connectivity index (χ0n) is 8.79. The van der Waals surface area contributed by atoms with Crippen LogP contribution in [0.15, 0.2) is 12.4 Å². The molecular formula is C9H14N4O3. The molecule has 0 bridgehead atoms. The molecule has 1 heterocycles. The van der Waals surface area contributed by atoms with Crippen LogP contribution in [0.25, 0.3) is 0 Å². The molecule has 0 aliphatic rings. The van der Waals surface area contributed by atoms with Crippen molar-refractivity contribution in [3.05, 3.63) is 18.1 Å². The third-order valence-electron chi connectivity index (χ3n) is 1.92. The van der Waals surface area contributed by atoms with Gasteiger partial charge in [-0.15, -0.1) is 0 Å². The molecule has 1 amide bonds. The van der Waals surface area contributed by atoms with E-state index < -0.39 is 12.2 Å². The molecule has 7 heteroatoms. The largest absolute Gasteiger partial charge is 0.388 e. The van der Waals surface area contributed by atoms with Gasteiger partial charge in [-0.25, -0.2) is 4.98 Å². The SMILES string of the molecule is CC(=O)NCC(O)C(O)c1cnc(N)cn1. The standard InChI is InChI=1S/C9H14N4O3/c1-5(14)11-3-7(15)9(16)6-2-13-8(10)4-12-6/h2,4,7,9,15-16H,3H2,1H3,(H2,10,13)(H,11,14). The van der Waals surface area contributed by atoms with Gasteiger partial charge in [0, 0.05) is 13.5 Å². The second kappa shape index (κ2) is 5.38. The van der Waals surface area contributed by atoms with Crippen molar-refractivity contribution in [3.63, 3.8) is 0 Å². The number of nitrogen functional groups attached to an aromatic ring is 1. The van der Waals surface area contributed by atoms with Gasteiger partial charge in [-0.1, -0.05) is 0 Å². The lowest BCUT2D eigenvalue weighted by molar-refractivity contribution is -0.119. The topological polar surface area (TPSA) is 121 Å². The fourth-order valence-electron chi connectivity index (χ4n) is 1.06. The first-order valence-corrected chi connectivity index (χ1v) is 4.68. The number of amides is 1. The molecule has 0 aliphatic carbocycles. The molecule has 2 atom stereocenters. The minimum atomic E-state index is -1.21. The van der Waals surface area contributed by atoms with Crippen LogP contribution in [-0.2, 0) is 4.79 Å². The Labute approximate surface area is 92.3 Å². The molecule has 0 saturated heterocycles. The quantitative estimate of drug-likeness (QED) is 0.500. The molecule has 0 aromatic carbocycles. The van der Waals surface area contributed by atoms with Gasteiger partial charge in [-0.3, -0.25) is 9.78 Å². The van der Waals surface area contributed by atoms with Crippen LogP contribution >= 0.6 is 0 Å². The lowest BCUT2D eigenvalue weighted by Crippen LogP contribution is -2.34. The Kier molecular flexibility index (Phi) is 4.15. The van der Waals surface area contributed by atoms with Crippen LogP contribution in [0.3, 0.4) is 0 Å². The number of aromatic nitrogens is 2. The first-order valence-electron chi connectivity index (χ1n) is 4.68. The van der Waals surface area contributed by atoms with Gasteiger partial charge in [0.05, 0.1) is 18.1 Å². The summed E-state index contributed by atoms with van der Waals surface area (Å²) in [5.41, 5.74) is 5.53. The molecule has 0 aliphatic heterocycles. The Balaban J connectivity index is 2.59. The highest BCUT2D eigenvalue weighted by Gasteiger charge is 2.19. The predicted molar refractivity (Wildman–Crippen MR) is 56.1 cm³/mol. The maximum Gasteiger partial charge on any atom is 0.216 e. The number of carbonyl (C=O) groups is 1. The Hall–Kier alpha value is -1.73. The van der Waals surface area contributed by atoms with Crippen molar-refractivity contribution in [2.75, 3.05) is 12.3 Å². The summed E-state index contributed by atoms with van der Waals surface area (Å²) in [5, 5.41) is 21.6. The summed E-state index contributed by atoms with van der Waals surface area (Å²) in [6, 6.07) is 0. The van der Waals surface area contributed by atoms with Gasteiger partial charge in [-0.2, -0.15) is 0 Å². The van der Waals surface area contributed by atoms with E-state index in [0.717, 1.165) is 0 Å². The van der Waals surface area contributed by atoms with Crippen LogP contribution < -0.4 is 11.1 Å². The van der Waals surface area contributed by atoms with E-state index in [0.29, 0.717) is 0 Å². The number of rotatable bonds is 4. The monoisotopic (exact) mass is 226 g/mol. The van der Waals surface area contributed by atoms with Crippen LogP contribution in [0.5, 0.6) is 0 Å². The molecule has 1 aromatic heterocycles. The zero-order valence-corrected chi connectivity index (χ0v) is 8.79. The fraction of sp³-hybridized carbons (Fsp3) is 0.444. The second-order valence-electron chi connectivity index (χ2n) is 3.32. The Morgan fingerprint density at radius 1 is 1.50 bits per heavy atom. The van der Waals surface area contributed by atoms with Gasteiger partial charge < -0.3 is 21.3 Å². The van der Waals surface area contributed by atoms with Crippen LogP contribution in [0.2, 0.25) is 0 Å². The highest BCUT2D eigenvalue weighted by atomic mass is 16.3. The van der Waals surface area contributed by atoms with E-state index in [4.69, 9.17) is 5.73 Å². The number of aliphatic hydroxyl groups is 2. The molecule has 16 heavy (non-hydrogen) atoms. The summed E-state index contributed by atoms with van der Waals surface area (Å²) in [4.78, 5) is 18.2. The van der Waals surface area contributed by atoms with Crippen molar-refractivity contribution in [2.24, 2.45) is 0 Å². The van der Waals surface area contributed by atoms with Crippen molar-refractivity contribution in [1.29, 1.82) is 0 Å². The first kappa shape index (κ1) is 12.3. The van der Waals surface area contributed by atoms with Crippen molar-refractivity contribution >= 4 is 11.7 Å². The highest BCUT2D eigenvalue weighted by molar-refractivity contribution is 5.72. The maximum absolute atomic E-state index is 10.6. The molecule has 0 spiro atoms. The first-order chi connectivity index (χ1) is 7.50. The number of nitrogens with zero attached hydrogens (tertiary/aromatic N) is 2. The van der Waals surface area contributed by atoms with Gasteiger partial charge in [0.25, 0.3) is 0 Å². The van der Waals surface area contributed by atoms with Crippen molar-refractivity contribution < 1.29 is 15.0 Å². The zero-order chi connectivity index (χ0) is 12.1. The number of hydrogen-bond acceptors (Lipinski definition) is 6. The Morgan fingerprint density at radius 2 is 2.19 bits per heavy atom. The van der Waals surface area contributed by atoms with Gasteiger partial charge in [0.2, 0.25) is 5.91 Å². The number of hydrogen-bond donors (Lipinski definition) is 4. The Bertz CT molecular complexity index is 354. The Morgan fingerprint density at radius 3 is 2.69 bits per heavy atom. The summed E-state index contributed by atoms with van der Waals surface area (Å²) in [6.45, 7) is 1.27. The van der Waals surface area contributed by atoms with E-state index in [1.165, 1.54) is 19.3 Å². The molecular weight excluding hydrogens is 212 g/mol. The summed E-state index contributed by atoms with van der Waals surface area (Å²) >= 11 is 0. The minimum Gasteiger partial charge on any atom is -0.388 e. The smallest absolute Gasteiger partial charge is 0.216 e. The van der Waals surface area contributed by atoms with Crippen LogP contribution in [0.4, 0.5) is 5.82 Å². The van der Waals surface area contributed by atoms with Crippen LogP contribution in [-0.4, -0.2) is 38.7 Å². The van der Waals surface area contributed by atoms with E-state index in [2.05, 4.69) is 15.3 Å². The summed E-state index contributed by atoms with van der Waals surface area (Å²) < 4.78 is 0. The number of aliphatic hydroxyl groups excluding tert-OH is 2. The van der Waals surface area contributed by atoms with Crippen LogP contribution in [0.1, 0.15) is 18.7 Å². The molecule has 5 N–H and O–H groups in total. The molecule has 2 unspecified atom stereocenters. The van der Waals surface area contributed by atoms with E-state index in [9.17, 15) is 15.0 Å². The average Bonchev–Trinajstić information content (AvgIpc) is 2.26. The third kappa shape index (κ3) is 3.44. The fourth-order valence-corrected chi connectivity index (χ4v) is 1.06. The molecule has 1 rings (SSSR count). The van der Waals surface area contributed by atoms with E-state index >= 15 is 0 Å². The van der Waals surface area contributed by atoms with E-state index in [1.54, 1.807) is 0 Å². The predicted octanol–water partition coefficient (Wildman–Crippen LogP) is -1.41. The van der Waals surface area contributed by atoms with Crippen molar-refractivity contribution in [1.82, 2.24) is 15.3 Å². The van der Waals surface area contributed by atoms with Gasteiger partial charge in [-0.05, 0) is 0 Å². The minimum absolute atomic E-state index is 0.0530.